The van der Waals surface area contributed by atoms with Crippen molar-refractivity contribution < 1.29 is 24.6 Å². The maximum Gasteiger partial charge on any atom is 0.323 e. The minimum atomic E-state index is -1.22. The molecule has 0 aromatic heterocycles. The molecule has 7 heteroatoms. The fourth-order valence-corrected chi connectivity index (χ4v) is 1.67. The summed E-state index contributed by atoms with van der Waals surface area (Å²) in [6.07, 6.45) is 2.81. The monoisotopic (exact) mass is 244 g/mol. The molecule has 17 heavy (non-hydrogen) atoms. The summed E-state index contributed by atoms with van der Waals surface area (Å²) < 4.78 is 0. The number of hydrogen-bond donors (Lipinski definition) is 2. The SMILES string of the molecule is CN(C(=O)N(CC(=O)O)CC(=O)O)C1CCC1. The Hall–Kier alpha value is -1.79. The lowest BCUT2D eigenvalue weighted by Gasteiger charge is -2.37. The van der Waals surface area contributed by atoms with Crippen LogP contribution >= 0.6 is 0 Å². The number of nitrogens with zero attached hydrogens (tertiary/aromatic N) is 2. The van der Waals surface area contributed by atoms with Crippen LogP contribution in [-0.4, -0.2) is 64.2 Å². The van der Waals surface area contributed by atoms with Crippen LogP contribution in [0.25, 0.3) is 0 Å². The summed E-state index contributed by atoms with van der Waals surface area (Å²) in [5, 5.41) is 17.3. The van der Waals surface area contributed by atoms with E-state index >= 15 is 0 Å². The highest BCUT2D eigenvalue weighted by Crippen LogP contribution is 2.24. The lowest BCUT2D eigenvalue weighted by molar-refractivity contribution is -0.140. The van der Waals surface area contributed by atoms with Crippen LogP contribution in [0.5, 0.6) is 0 Å². The first kappa shape index (κ1) is 13.3. The largest absolute Gasteiger partial charge is 0.480 e. The molecule has 0 heterocycles. The van der Waals surface area contributed by atoms with Crippen molar-refractivity contribution in [2.75, 3.05) is 20.1 Å². The minimum Gasteiger partial charge on any atom is -0.480 e. The van der Waals surface area contributed by atoms with E-state index in [0.717, 1.165) is 24.2 Å². The van der Waals surface area contributed by atoms with E-state index in [4.69, 9.17) is 10.2 Å². The molecule has 0 spiro atoms. The molecule has 0 aromatic rings. The minimum absolute atomic E-state index is 0.104. The fourth-order valence-electron chi connectivity index (χ4n) is 1.67. The van der Waals surface area contributed by atoms with Gasteiger partial charge in [-0.25, -0.2) is 4.79 Å². The summed E-state index contributed by atoms with van der Waals surface area (Å²) in [5.41, 5.74) is 0. The van der Waals surface area contributed by atoms with E-state index in [9.17, 15) is 14.4 Å². The molecule has 0 aromatic carbocycles. The molecule has 2 amide bonds. The van der Waals surface area contributed by atoms with E-state index in [0.29, 0.717) is 0 Å². The predicted octanol–water partition coefficient (Wildman–Crippen LogP) is 0.0619. The van der Waals surface area contributed by atoms with Gasteiger partial charge < -0.3 is 20.0 Å². The number of aliphatic carboxylic acids is 2. The van der Waals surface area contributed by atoms with E-state index in [1.54, 1.807) is 7.05 Å². The van der Waals surface area contributed by atoms with Gasteiger partial charge >= 0.3 is 18.0 Å². The zero-order valence-electron chi connectivity index (χ0n) is 9.63. The smallest absolute Gasteiger partial charge is 0.323 e. The quantitative estimate of drug-likeness (QED) is 0.712. The van der Waals surface area contributed by atoms with Crippen molar-refractivity contribution in [2.45, 2.75) is 25.3 Å². The molecule has 0 atom stereocenters. The molecule has 0 bridgehead atoms. The highest BCUT2D eigenvalue weighted by atomic mass is 16.4. The number of carbonyl (C=O) groups excluding carboxylic acids is 1. The summed E-state index contributed by atoms with van der Waals surface area (Å²) in [6, 6.07) is -0.438. The van der Waals surface area contributed by atoms with E-state index < -0.39 is 31.1 Å². The van der Waals surface area contributed by atoms with Gasteiger partial charge in [0.1, 0.15) is 13.1 Å². The van der Waals surface area contributed by atoms with Gasteiger partial charge in [-0.2, -0.15) is 0 Å². The van der Waals surface area contributed by atoms with Crippen molar-refractivity contribution in [1.82, 2.24) is 9.80 Å². The first-order valence-electron chi connectivity index (χ1n) is 5.37. The molecule has 0 saturated heterocycles. The van der Waals surface area contributed by atoms with Crippen molar-refractivity contribution in [1.29, 1.82) is 0 Å². The lowest BCUT2D eigenvalue weighted by atomic mass is 9.92. The molecular weight excluding hydrogens is 228 g/mol. The van der Waals surface area contributed by atoms with Crippen LogP contribution in [0.15, 0.2) is 0 Å². The average Bonchev–Trinajstić information content (AvgIpc) is 2.11. The molecule has 0 aliphatic heterocycles. The third-order valence-electron chi connectivity index (χ3n) is 2.85. The average molecular weight is 244 g/mol. The molecule has 1 aliphatic carbocycles. The van der Waals surface area contributed by atoms with Crippen molar-refractivity contribution >= 4 is 18.0 Å². The van der Waals surface area contributed by atoms with Gasteiger partial charge in [-0.3, -0.25) is 9.59 Å². The fraction of sp³-hybridized carbons (Fsp3) is 0.700. The Morgan fingerprint density at radius 1 is 1.12 bits per heavy atom. The number of hydrogen-bond acceptors (Lipinski definition) is 3. The summed E-state index contributed by atoms with van der Waals surface area (Å²) in [6.45, 7) is -1.19. The van der Waals surface area contributed by atoms with E-state index in [1.807, 2.05) is 0 Å². The van der Waals surface area contributed by atoms with Crippen LogP contribution in [-0.2, 0) is 9.59 Å². The van der Waals surface area contributed by atoms with Gasteiger partial charge in [0.05, 0.1) is 0 Å². The zero-order chi connectivity index (χ0) is 13.0. The van der Waals surface area contributed by atoms with Gasteiger partial charge in [0, 0.05) is 13.1 Å². The summed E-state index contributed by atoms with van der Waals surface area (Å²) in [4.78, 5) is 35.3. The third-order valence-corrected chi connectivity index (χ3v) is 2.85. The van der Waals surface area contributed by atoms with Crippen molar-refractivity contribution in [3.8, 4) is 0 Å². The Bertz CT molecular complexity index is 311. The van der Waals surface area contributed by atoms with Gasteiger partial charge in [-0.05, 0) is 19.3 Å². The highest BCUT2D eigenvalue weighted by molar-refractivity contribution is 5.84. The summed E-state index contributed by atoms with van der Waals surface area (Å²) >= 11 is 0. The highest BCUT2D eigenvalue weighted by Gasteiger charge is 2.30. The second-order valence-electron chi connectivity index (χ2n) is 4.12. The van der Waals surface area contributed by atoms with E-state index in [1.165, 1.54) is 4.90 Å². The van der Waals surface area contributed by atoms with E-state index in [2.05, 4.69) is 0 Å². The van der Waals surface area contributed by atoms with Crippen LogP contribution in [0.3, 0.4) is 0 Å². The zero-order valence-corrected chi connectivity index (χ0v) is 9.63. The van der Waals surface area contributed by atoms with E-state index in [-0.39, 0.29) is 6.04 Å². The molecule has 0 unspecified atom stereocenters. The molecule has 1 aliphatic rings. The third kappa shape index (κ3) is 3.61. The van der Waals surface area contributed by atoms with Crippen LogP contribution in [0.4, 0.5) is 4.79 Å². The van der Waals surface area contributed by atoms with Crippen LogP contribution < -0.4 is 0 Å². The first-order chi connectivity index (χ1) is 7.91. The number of carbonyl (C=O) groups is 3. The molecule has 7 nitrogen and oxygen atoms in total. The predicted molar refractivity (Wildman–Crippen MR) is 57.6 cm³/mol. The Balaban J connectivity index is 2.63. The van der Waals surface area contributed by atoms with Crippen LogP contribution in [0, 0.1) is 0 Å². The van der Waals surface area contributed by atoms with Gasteiger partial charge in [0.2, 0.25) is 0 Å². The Labute approximate surface area is 98.6 Å². The number of carboxylic acid groups (broad SMARTS) is 2. The number of amides is 2. The Kier molecular flexibility index (Phi) is 4.30. The topological polar surface area (TPSA) is 98.2 Å². The lowest BCUT2D eigenvalue weighted by Crippen LogP contribution is -2.51. The van der Waals surface area contributed by atoms with Gasteiger partial charge in [0.15, 0.2) is 0 Å². The Morgan fingerprint density at radius 2 is 1.59 bits per heavy atom. The summed E-state index contributed by atoms with van der Waals surface area (Å²) in [7, 11) is 1.57. The molecular formula is C10H16N2O5. The normalized spacial score (nSPS) is 14.9. The maximum absolute atomic E-state index is 11.9. The first-order valence-corrected chi connectivity index (χ1v) is 5.37. The van der Waals surface area contributed by atoms with Gasteiger partial charge in [-0.15, -0.1) is 0 Å². The van der Waals surface area contributed by atoms with Gasteiger partial charge in [-0.1, -0.05) is 0 Å². The molecule has 1 rings (SSSR count). The molecule has 1 saturated carbocycles. The standard InChI is InChI=1S/C10H16N2O5/c1-11(7-3-2-4-7)10(17)12(5-8(13)14)6-9(15)16/h7H,2-6H2,1H3,(H,13,14)(H,15,16). The maximum atomic E-state index is 11.9. The molecule has 1 fully saturated rings. The van der Waals surface area contributed by atoms with Crippen LogP contribution in [0.2, 0.25) is 0 Å². The van der Waals surface area contributed by atoms with Crippen molar-refractivity contribution in [2.24, 2.45) is 0 Å². The molecule has 96 valence electrons. The second-order valence-corrected chi connectivity index (χ2v) is 4.12. The second kappa shape index (κ2) is 5.51. The molecule has 0 radical (unpaired) electrons. The molecule has 2 N–H and O–H groups in total. The number of carboxylic acids is 2. The van der Waals surface area contributed by atoms with Gasteiger partial charge in [0.25, 0.3) is 0 Å². The summed E-state index contributed by atoms with van der Waals surface area (Å²) in [5.74, 6) is -2.44. The Morgan fingerprint density at radius 3 is 1.88 bits per heavy atom. The van der Waals surface area contributed by atoms with Crippen molar-refractivity contribution in [3.63, 3.8) is 0 Å². The van der Waals surface area contributed by atoms with Crippen molar-refractivity contribution in [3.05, 3.63) is 0 Å². The number of urea groups is 1. The number of rotatable bonds is 5. The van der Waals surface area contributed by atoms with Crippen LogP contribution in [0.1, 0.15) is 19.3 Å².